The van der Waals surface area contributed by atoms with Crippen LogP contribution in [0.15, 0.2) is 42.0 Å². The van der Waals surface area contributed by atoms with Crippen LogP contribution < -0.4 is 14.2 Å². The molecule has 0 bridgehead atoms. The third-order valence-electron chi connectivity index (χ3n) is 5.48. The molecule has 1 aliphatic heterocycles. The summed E-state index contributed by atoms with van der Waals surface area (Å²) in [5, 5.41) is 11.1. The number of amides is 1. The van der Waals surface area contributed by atoms with Gasteiger partial charge in [0.1, 0.15) is 5.76 Å². The third kappa shape index (κ3) is 4.63. The van der Waals surface area contributed by atoms with Crippen molar-refractivity contribution in [3.63, 3.8) is 0 Å². The summed E-state index contributed by atoms with van der Waals surface area (Å²) in [6.45, 7) is 0.734. The Bertz CT molecular complexity index is 1100. The number of aliphatic hydroxyl groups is 1. The van der Waals surface area contributed by atoms with E-state index in [1.165, 1.54) is 38.4 Å². The summed E-state index contributed by atoms with van der Waals surface area (Å²) in [5.74, 6) is -1.88. The van der Waals surface area contributed by atoms with Crippen LogP contribution in [0.4, 0.5) is 4.39 Å². The van der Waals surface area contributed by atoms with Crippen LogP contribution in [0.25, 0.3) is 5.76 Å². The smallest absolute Gasteiger partial charge is 0.295 e. The number of hydrogen-bond donors (Lipinski definition) is 1. The van der Waals surface area contributed by atoms with Gasteiger partial charge >= 0.3 is 0 Å². The molecule has 2 aromatic rings. The van der Waals surface area contributed by atoms with Crippen molar-refractivity contribution in [3.05, 3.63) is 58.9 Å². The lowest BCUT2D eigenvalue weighted by Crippen LogP contribution is -2.35. The fraction of sp³-hybridized carbons (Fsp3) is 0.333. The van der Waals surface area contributed by atoms with Gasteiger partial charge in [0.25, 0.3) is 11.7 Å². The molecule has 1 fully saturated rings. The van der Waals surface area contributed by atoms with Crippen LogP contribution in [0.5, 0.6) is 17.2 Å². The number of nitrogens with zero attached hydrogens (tertiary/aromatic N) is 2. The largest absolute Gasteiger partial charge is 0.507 e. The van der Waals surface area contributed by atoms with E-state index in [4.69, 9.17) is 14.2 Å². The number of rotatable bonds is 8. The van der Waals surface area contributed by atoms with E-state index in [0.717, 1.165) is 6.07 Å². The van der Waals surface area contributed by atoms with Crippen LogP contribution >= 0.6 is 0 Å². The predicted octanol–water partition coefficient (Wildman–Crippen LogP) is 2.83. The first-order valence-electron chi connectivity index (χ1n) is 10.2. The Morgan fingerprint density at radius 3 is 2.21 bits per heavy atom. The molecule has 1 saturated heterocycles. The molecule has 0 spiro atoms. The maximum absolute atomic E-state index is 14.3. The molecular formula is C24H27FN2O6. The monoisotopic (exact) mass is 458 g/mol. The molecule has 0 unspecified atom stereocenters. The van der Waals surface area contributed by atoms with Crippen LogP contribution in [-0.2, 0) is 9.59 Å². The molecule has 9 heteroatoms. The molecule has 1 amide bonds. The Kier molecular flexibility index (Phi) is 7.23. The summed E-state index contributed by atoms with van der Waals surface area (Å²) in [6, 6.07) is 7.95. The predicted molar refractivity (Wildman–Crippen MR) is 120 cm³/mol. The molecule has 1 aliphatic rings. The van der Waals surface area contributed by atoms with Gasteiger partial charge in [-0.15, -0.1) is 0 Å². The molecule has 0 saturated carbocycles. The minimum Gasteiger partial charge on any atom is -0.507 e. The van der Waals surface area contributed by atoms with Gasteiger partial charge in [0.2, 0.25) is 0 Å². The number of likely N-dealkylation sites (tertiary alicyclic amines) is 1. The van der Waals surface area contributed by atoms with Crippen molar-refractivity contribution in [3.8, 4) is 17.2 Å². The SMILES string of the molecule is COc1ccc(/C(O)=C2\C(=O)C(=O)N(CCN(C)C)[C@@H]2c2ccc(OC)c(OC)c2)cc1F. The van der Waals surface area contributed by atoms with Crippen molar-refractivity contribution >= 4 is 17.4 Å². The fourth-order valence-electron chi connectivity index (χ4n) is 3.76. The number of ether oxygens (including phenoxy) is 3. The van der Waals surface area contributed by atoms with Crippen molar-refractivity contribution in [2.45, 2.75) is 6.04 Å². The van der Waals surface area contributed by atoms with Gasteiger partial charge in [-0.3, -0.25) is 9.59 Å². The van der Waals surface area contributed by atoms with Gasteiger partial charge in [0.15, 0.2) is 23.1 Å². The minimum absolute atomic E-state index is 0.00516. The van der Waals surface area contributed by atoms with Gasteiger partial charge in [-0.1, -0.05) is 6.07 Å². The van der Waals surface area contributed by atoms with Gasteiger partial charge in [-0.05, 0) is 50.0 Å². The van der Waals surface area contributed by atoms with Crippen molar-refractivity contribution in [1.82, 2.24) is 9.80 Å². The second kappa shape index (κ2) is 9.91. The van der Waals surface area contributed by atoms with E-state index in [2.05, 4.69) is 0 Å². The first-order valence-corrected chi connectivity index (χ1v) is 10.2. The zero-order valence-corrected chi connectivity index (χ0v) is 19.2. The van der Waals surface area contributed by atoms with E-state index in [0.29, 0.717) is 23.6 Å². The molecule has 176 valence electrons. The maximum atomic E-state index is 14.3. The molecule has 1 heterocycles. The normalized spacial score (nSPS) is 17.5. The zero-order valence-electron chi connectivity index (χ0n) is 19.2. The van der Waals surface area contributed by atoms with Gasteiger partial charge in [0, 0.05) is 18.7 Å². The Morgan fingerprint density at radius 1 is 1.00 bits per heavy atom. The highest BCUT2D eigenvalue weighted by molar-refractivity contribution is 6.46. The fourth-order valence-corrected chi connectivity index (χ4v) is 3.76. The minimum atomic E-state index is -0.894. The molecule has 2 aromatic carbocycles. The van der Waals surface area contributed by atoms with Crippen LogP contribution in [0.1, 0.15) is 17.2 Å². The number of aliphatic hydroxyl groups excluding tert-OH is 1. The summed E-state index contributed by atoms with van der Waals surface area (Å²) in [6.07, 6.45) is 0. The van der Waals surface area contributed by atoms with Crippen LogP contribution in [0.3, 0.4) is 0 Å². The standard InChI is InChI=1S/C24H27FN2O6/c1-26(2)10-11-27-21(14-6-9-18(32-4)19(13-14)33-5)20(23(29)24(27)30)22(28)15-7-8-17(31-3)16(25)12-15/h6-9,12-13,21,28H,10-11H2,1-5H3/b22-20+/t21-/m1/s1. The van der Waals surface area contributed by atoms with E-state index >= 15 is 0 Å². The highest BCUT2D eigenvalue weighted by Crippen LogP contribution is 2.42. The molecule has 3 rings (SSSR count). The Balaban J connectivity index is 2.19. The first kappa shape index (κ1) is 24.1. The van der Waals surface area contributed by atoms with Crippen molar-refractivity contribution in [2.24, 2.45) is 0 Å². The number of ketones is 1. The Morgan fingerprint density at radius 2 is 1.64 bits per heavy atom. The average molecular weight is 458 g/mol. The highest BCUT2D eigenvalue weighted by atomic mass is 19.1. The molecular weight excluding hydrogens is 431 g/mol. The van der Waals surface area contributed by atoms with Crippen molar-refractivity contribution < 1.29 is 33.3 Å². The number of benzene rings is 2. The molecule has 0 aromatic heterocycles. The second-order valence-electron chi connectivity index (χ2n) is 7.76. The summed E-state index contributed by atoms with van der Waals surface area (Å²) in [5.41, 5.74) is 0.473. The molecule has 0 radical (unpaired) electrons. The van der Waals surface area contributed by atoms with Crippen LogP contribution in [0.2, 0.25) is 0 Å². The summed E-state index contributed by atoms with van der Waals surface area (Å²) >= 11 is 0. The van der Waals surface area contributed by atoms with Gasteiger partial charge in [-0.2, -0.15) is 0 Å². The van der Waals surface area contributed by atoms with E-state index in [-0.39, 0.29) is 23.4 Å². The summed E-state index contributed by atoms with van der Waals surface area (Å²) < 4.78 is 29.9. The quantitative estimate of drug-likeness (QED) is 0.370. The average Bonchev–Trinajstić information content (AvgIpc) is 3.06. The zero-order chi connectivity index (χ0) is 24.3. The number of carbonyl (C=O) groups excluding carboxylic acids is 2. The van der Waals surface area contributed by atoms with E-state index in [1.54, 1.807) is 18.2 Å². The van der Waals surface area contributed by atoms with Crippen LogP contribution in [-0.4, -0.2) is 75.1 Å². The Hall–Kier alpha value is -3.59. The summed E-state index contributed by atoms with van der Waals surface area (Å²) in [7, 11) is 8.00. The molecule has 8 nitrogen and oxygen atoms in total. The van der Waals surface area contributed by atoms with Gasteiger partial charge < -0.3 is 29.1 Å². The molecule has 33 heavy (non-hydrogen) atoms. The van der Waals surface area contributed by atoms with E-state index in [1.807, 2.05) is 19.0 Å². The number of methoxy groups -OCH3 is 3. The van der Waals surface area contributed by atoms with Gasteiger partial charge in [0.05, 0.1) is 32.9 Å². The summed E-state index contributed by atoms with van der Waals surface area (Å²) in [4.78, 5) is 29.3. The number of likely N-dealkylation sites (N-methyl/N-ethyl adjacent to an activating group) is 1. The lowest BCUT2D eigenvalue weighted by molar-refractivity contribution is -0.140. The molecule has 0 aliphatic carbocycles. The number of hydrogen-bond acceptors (Lipinski definition) is 7. The highest BCUT2D eigenvalue weighted by Gasteiger charge is 2.46. The number of carbonyl (C=O) groups is 2. The van der Waals surface area contributed by atoms with Crippen LogP contribution in [0, 0.1) is 5.82 Å². The topological polar surface area (TPSA) is 88.5 Å². The first-order chi connectivity index (χ1) is 15.7. The van der Waals surface area contributed by atoms with Crippen molar-refractivity contribution in [2.75, 3.05) is 48.5 Å². The van der Waals surface area contributed by atoms with E-state index < -0.39 is 29.3 Å². The third-order valence-corrected chi connectivity index (χ3v) is 5.48. The van der Waals surface area contributed by atoms with Gasteiger partial charge in [-0.25, -0.2) is 4.39 Å². The lowest BCUT2D eigenvalue weighted by Gasteiger charge is -2.27. The van der Waals surface area contributed by atoms with Crippen molar-refractivity contribution in [1.29, 1.82) is 0 Å². The van der Waals surface area contributed by atoms with E-state index in [9.17, 15) is 19.1 Å². The maximum Gasteiger partial charge on any atom is 0.295 e. The number of Topliss-reactive ketones (excluding diaryl/α,β-unsaturated/α-hetero) is 1. The second-order valence-corrected chi connectivity index (χ2v) is 7.76. The number of halogens is 1. The molecule has 1 N–H and O–H groups in total. The lowest BCUT2D eigenvalue weighted by atomic mass is 9.95. The Labute approximate surface area is 191 Å². The molecule has 1 atom stereocenters.